The Hall–Kier alpha value is -0.320. The third kappa shape index (κ3) is 2.83. The van der Waals surface area contributed by atoms with Crippen LogP contribution in [0.3, 0.4) is 0 Å². The van der Waals surface area contributed by atoms with Crippen molar-refractivity contribution in [2.24, 2.45) is 0 Å². The summed E-state index contributed by atoms with van der Waals surface area (Å²) < 4.78 is -0.248. The van der Waals surface area contributed by atoms with E-state index < -0.39 is 0 Å². The standard InChI is InChI=1S/C9H13ClN2OS/c1-6-7(10)11-5-12-8(6)14-9(2,3)4-13/h5,13H,4H2,1-3H3. The first-order valence-electron chi connectivity index (χ1n) is 4.23. The van der Waals surface area contributed by atoms with Gasteiger partial charge in [0.15, 0.2) is 0 Å². The van der Waals surface area contributed by atoms with Crippen molar-refractivity contribution in [3.8, 4) is 0 Å². The lowest BCUT2D eigenvalue weighted by Gasteiger charge is -2.20. The van der Waals surface area contributed by atoms with Gasteiger partial charge in [-0.3, -0.25) is 0 Å². The number of hydrogen-bond donors (Lipinski definition) is 1. The zero-order chi connectivity index (χ0) is 10.8. The molecule has 0 unspecified atom stereocenters. The lowest BCUT2D eigenvalue weighted by molar-refractivity contribution is 0.265. The number of aliphatic hydroxyl groups is 1. The van der Waals surface area contributed by atoms with E-state index in [0.29, 0.717) is 5.15 Å². The monoisotopic (exact) mass is 232 g/mol. The fraction of sp³-hybridized carbons (Fsp3) is 0.556. The number of aromatic nitrogens is 2. The van der Waals surface area contributed by atoms with Crippen LogP contribution in [0.25, 0.3) is 0 Å². The number of rotatable bonds is 3. The van der Waals surface area contributed by atoms with Crippen molar-refractivity contribution in [2.45, 2.75) is 30.5 Å². The molecule has 14 heavy (non-hydrogen) atoms. The van der Waals surface area contributed by atoms with Crippen molar-refractivity contribution < 1.29 is 5.11 Å². The summed E-state index contributed by atoms with van der Waals surface area (Å²) in [5.41, 5.74) is 0.862. The second-order valence-electron chi connectivity index (χ2n) is 3.61. The van der Waals surface area contributed by atoms with Crippen molar-refractivity contribution >= 4 is 23.4 Å². The van der Waals surface area contributed by atoms with Crippen LogP contribution in [0.15, 0.2) is 11.4 Å². The molecule has 0 radical (unpaired) electrons. The molecule has 1 aromatic rings. The number of aliphatic hydroxyl groups excluding tert-OH is 1. The van der Waals surface area contributed by atoms with E-state index in [1.165, 1.54) is 18.1 Å². The highest BCUT2D eigenvalue weighted by Crippen LogP contribution is 2.33. The molecule has 0 spiro atoms. The summed E-state index contributed by atoms with van der Waals surface area (Å²) in [7, 11) is 0. The Bertz CT molecular complexity index is 331. The minimum absolute atomic E-state index is 0.0960. The first kappa shape index (κ1) is 11.8. The molecular formula is C9H13ClN2OS. The maximum absolute atomic E-state index is 9.12. The van der Waals surface area contributed by atoms with E-state index in [1.807, 2.05) is 20.8 Å². The number of hydrogen-bond acceptors (Lipinski definition) is 4. The molecule has 78 valence electrons. The van der Waals surface area contributed by atoms with Gasteiger partial charge in [-0.1, -0.05) is 23.4 Å². The van der Waals surface area contributed by atoms with Gasteiger partial charge in [-0.15, -0.1) is 0 Å². The molecule has 1 aromatic heterocycles. The minimum atomic E-state index is -0.248. The van der Waals surface area contributed by atoms with Crippen LogP contribution < -0.4 is 0 Å². The number of halogens is 1. The molecule has 1 N–H and O–H groups in total. The van der Waals surface area contributed by atoms with E-state index >= 15 is 0 Å². The molecule has 0 aliphatic rings. The van der Waals surface area contributed by atoms with Gasteiger partial charge in [0.2, 0.25) is 0 Å². The van der Waals surface area contributed by atoms with Crippen LogP contribution >= 0.6 is 23.4 Å². The minimum Gasteiger partial charge on any atom is -0.395 e. The average molecular weight is 233 g/mol. The molecule has 0 fully saturated rings. The smallest absolute Gasteiger partial charge is 0.136 e. The molecule has 1 rings (SSSR count). The SMILES string of the molecule is Cc1c(Cl)ncnc1SC(C)(C)CO. The first-order valence-corrected chi connectivity index (χ1v) is 5.43. The van der Waals surface area contributed by atoms with Crippen LogP contribution in [-0.2, 0) is 0 Å². The van der Waals surface area contributed by atoms with E-state index in [4.69, 9.17) is 16.7 Å². The zero-order valence-electron chi connectivity index (χ0n) is 8.41. The van der Waals surface area contributed by atoms with Gasteiger partial charge in [0.1, 0.15) is 16.5 Å². The second kappa shape index (κ2) is 4.47. The lowest BCUT2D eigenvalue weighted by Crippen LogP contribution is -2.20. The van der Waals surface area contributed by atoms with Crippen LogP contribution in [-0.4, -0.2) is 26.4 Å². The molecule has 0 atom stereocenters. The molecule has 0 amide bonds. The van der Waals surface area contributed by atoms with Gasteiger partial charge in [0.05, 0.1) is 6.61 Å². The van der Waals surface area contributed by atoms with Crippen LogP contribution in [0.1, 0.15) is 19.4 Å². The Balaban J connectivity index is 2.92. The van der Waals surface area contributed by atoms with Crippen LogP contribution in [0.5, 0.6) is 0 Å². The Morgan fingerprint density at radius 1 is 1.50 bits per heavy atom. The molecule has 5 heteroatoms. The maximum atomic E-state index is 9.12. The van der Waals surface area contributed by atoms with Crippen LogP contribution in [0.2, 0.25) is 5.15 Å². The van der Waals surface area contributed by atoms with Crippen LogP contribution in [0, 0.1) is 6.92 Å². The molecule has 1 heterocycles. The van der Waals surface area contributed by atoms with Gasteiger partial charge >= 0.3 is 0 Å². The summed E-state index contributed by atoms with van der Waals surface area (Å²) in [6.45, 7) is 5.87. The molecule has 0 aliphatic heterocycles. The van der Waals surface area contributed by atoms with Gasteiger partial charge in [-0.05, 0) is 20.8 Å². The fourth-order valence-electron chi connectivity index (χ4n) is 0.811. The highest BCUT2D eigenvalue weighted by atomic mass is 35.5. The quantitative estimate of drug-likeness (QED) is 0.642. The van der Waals surface area contributed by atoms with Crippen molar-refractivity contribution in [1.82, 2.24) is 9.97 Å². The molecule has 3 nitrogen and oxygen atoms in total. The Kier molecular flexibility index (Phi) is 3.75. The molecule has 0 saturated heterocycles. The van der Waals surface area contributed by atoms with E-state index in [0.717, 1.165) is 10.6 Å². The summed E-state index contributed by atoms with van der Waals surface area (Å²) in [5.74, 6) is 0. The lowest BCUT2D eigenvalue weighted by atomic mass is 10.2. The summed E-state index contributed by atoms with van der Waals surface area (Å²) in [6, 6.07) is 0. The fourth-order valence-corrected chi connectivity index (χ4v) is 1.94. The number of thioether (sulfide) groups is 1. The van der Waals surface area contributed by atoms with E-state index in [1.54, 1.807) is 0 Å². The maximum Gasteiger partial charge on any atom is 0.136 e. The highest BCUT2D eigenvalue weighted by Gasteiger charge is 2.20. The Labute approximate surface area is 92.9 Å². The van der Waals surface area contributed by atoms with E-state index in [9.17, 15) is 0 Å². The first-order chi connectivity index (χ1) is 6.46. The van der Waals surface area contributed by atoms with Crippen molar-refractivity contribution in [3.05, 3.63) is 17.0 Å². The second-order valence-corrected chi connectivity index (χ2v) is 5.67. The predicted octanol–water partition coefficient (Wildman–Crippen LogP) is 2.30. The van der Waals surface area contributed by atoms with Gasteiger partial charge in [0.25, 0.3) is 0 Å². The molecule has 0 aromatic carbocycles. The van der Waals surface area contributed by atoms with E-state index in [2.05, 4.69) is 9.97 Å². The Morgan fingerprint density at radius 3 is 2.71 bits per heavy atom. The van der Waals surface area contributed by atoms with Crippen LogP contribution in [0.4, 0.5) is 0 Å². The van der Waals surface area contributed by atoms with Gasteiger partial charge in [-0.25, -0.2) is 9.97 Å². The summed E-state index contributed by atoms with van der Waals surface area (Å²) >= 11 is 7.36. The summed E-state index contributed by atoms with van der Waals surface area (Å²) in [5, 5.41) is 10.4. The third-order valence-corrected chi connectivity index (χ3v) is 3.40. The van der Waals surface area contributed by atoms with Crippen molar-refractivity contribution in [3.63, 3.8) is 0 Å². The molecule has 0 aliphatic carbocycles. The normalized spacial score (nSPS) is 11.8. The Morgan fingerprint density at radius 2 is 2.14 bits per heavy atom. The topological polar surface area (TPSA) is 46.0 Å². The summed E-state index contributed by atoms with van der Waals surface area (Å²) in [6.07, 6.45) is 1.44. The van der Waals surface area contributed by atoms with Crippen molar-refractivity contribution in [1.29, 1.82) is 0 Å². The van der Waals surface area contributed by atoms with Gasteiger partial charge in [0, 0.05) is 10.3 Å². The highest BCUT2D eigenvalue weighted by molar-refractivity contribution is 8.00. The van der Waals surface area contributed by atoms with Crippen molar-refractivity contribution in [2.75, 3.05) is 6.61 Å². The van der Waals surface area contributed by atoms with E-state index in [-0.39, 0.29) is 11.4 Å². The zero-order valence-corrected chi connectivity index (χ0v) is 9.98. The molecular weight excluding hydrogens is 220 g/mol. The molecule has 0 saturated carbocycles. The predicted molar refractivity (Wildman–Crippen MR) is 58.8 cm³/mol. The molecule has 0 bridgehead atoms. The van der Waals surface area contributed by atoms with Gasteiger partial charge in [-0.2, -0.15) is 0 Å². The largest absolute Gasteiger partial charge is 0.395 e. The van der Waals surface area contributed by atoms with Gasteiger partial charge < -0.3 is 5.11 Å². The average Bonchev–Trinajstić information content (AvgIpc) is 2.13. The number of nitrogens with zero attached hydrogens (tertiary/aromatic N) is 2. The summed E-state index contributed by atoms with van der Waals surface area (Å²) in [4.78, 5) is 8.00. The third-order valence-electron chi connectivity index (χ3n) is 1.73.